The van der Waals surface area contributed by atoms with Crippen molar-refractivity contribution in [3.05, 3.63) is 34.1 Å². The number of nitrogens with zero attached hydrogens (tertiary/aromatic N) is 1. The summed E-state index contributed by atoms with van der Waals surface area (Å²) in [7, 11) is 1.64. The molecule has 0 saturated heterocycles. The summed E-state index contributed by atoms with van der Waals surface area (Å²) in [5.41, 5.74) is 0.0413. The van der Waals surface area contributed by atoms with Gasteiger partial charge in [-0.15, -0.1) is 24.0 Å². The fourth-order valence-electron chi connectivity index (χ4n) is 1.88. The number of hydrogen-bond donors (Lipinski definition) is 3. The van der Waals surface area contributed by atoms with Crippen molar-refractivity contribution in [3.63, 3.8) is 0 Å². The first kappa shape index (κ1) is 24.9. The van der Waals surface area contributed by atoms with Crippen LogP contribution in [0.15, 0.2) is 27.7 Å². The van der Waals surface area contributed by atoms with Crippen molar-refractivity contribution < 1.29 is 13.9 Å². The van der Waals surface area contributed by atoms with Gasteiger partial charge in [0.1, 0.15) is 11.4 Å². The Morgan fingerprint density at radius 3 is 2.50 bits per heavy atom. The minimum absolute atomic E-state index is 0. The van der Waals surface area contributed by atoms with Gasteiger partial charge in [-0.25, -0.2) is 9.18 Å². The van der Waals surface area contributed by atoms with Gasteiger partial charge in [0.25, 0.3) is 0 Å². The van der Waals surface area contributed by atoms with Crippen LogP contribution in [-0.2, 0) is 11.3 Å². The second-order valence-electron chi connectivity index (χ2n) is 6.37. The van der Waals surface area contributed by atoms with E-state index in [2.05, 4.69) is 36.9 Å². The molecule has 0 aliphatic rings. The van der Waals surface area contributed by atoms with Crippen molar-refractivity contribution in [2.24, 2.45) is 4.99 Å². The minimum atomic E-state index is -0.504. The zero-order valence-corrected chi connectivity index (χ0v) is 19.4. The highest BCUT2D eigenvalue weighted by Gasteiger charge is 2.15. The second kappa shape index (κ2) is 12.3. The molecule has 0 spiro atoms. The van der Waals surface area contributed by atoms with E-state index >= 15 is 0 Å². The largest absolute Gasteiger partial charge is 0.444 e. The summed E-state index contributed by atoms with van der Waals surface area (Å²) in [6.07, 6.45) is 0.269. The molecule has 148 valence electrons. The Hall–Kier alpha value is -1.10. The molecular weight excluding hydrogens is 518 g/mol. The maximum Gasteiger partial charge on any atom is 0.407 e. The molecular formula is C17H27BrFIN4O2. The van der Waals surface area contributed by atoms with Gasteiger partial charge in [0, 0.05) is 36.7 Å². The van der Waals surface area contributed by atoms with Gasteiger partial charge in [-0.3, -0.25) is 4.99 Å². The van der Waals surface area contributed by atoms with Crippen molar-refractivity contribution in [1.82, 2.24) is 16.0 Å². The molecule has 0 aromatic heterocycles. The molecule has 0 aliphatic heterocycles. The molecule has 0 heterocycles. The number of halogens is 3. The fraction of sp³-hybridized carbons (Fsp3) is 0.529. The maximum atomic E-state index is 13.7. The first-order chi connectivity index (χ1) is 11.7. The van der Waals surface area contributed by atoms with E-state index in [1.165, 1.54) is 6.07 Å². The molecule has 0 unspecified atom stereocenters. The molecule has 9 heteroatoms. The van der Waals surface area contributed by atoms with Crippen molar-refractivity contribution in [1.29, 1.82) is 0 Å². The number of hydrogen-bond acceptors (Lipinski definition) is 3. The molecule has 1 amide bonds. The average Bonchev–Trinajstić information content (AvgIpc) is 2.51. The van der Waals surface area contributed by atoms with Crippen LogP contribution in [0.25, 0.3) is 0 Å². The summed E-state index contributed by atoms with van der Waals surface area (Å²) < 4.78 is 19.7. The normalized spacial score (nSPS) is 11.4. The number of aliphatic imine (C=N–C) groups is 1. The Morgan fingerprint density at radius 1 is 1.23 bits per heavy atom. The van der Waals surface area contributed by atoms with Gasteiger partial charge >= 0.3 is 6.09 Å². The summed E-state index contributed by atoms with van der Waals surface area (Å²) in [5.74, 6) is 0.296. The number of ether oxygens (including phenoxy) is 1. The molecule has 0 saturated carbocycles. The van der Waals surface area contributed by atoms with E-state index in [-0.39, 0.29) is 29.8 Å². The standard InChI is InChI=1S/C17H26BrFN4O2.HI/c1-17(2,3)25-16(24)22-9-5-8-21-15(20-4)23-11-12-10-13(18)6-7-14(12)19;/h6-7,10H,5,8-9,11H2,1-4H3,(H,22,24)(H2,20,21,23);1H. The minimum Gasteiger partial charge on any atom is -0.444 e. The Bertz CT molecular complexity index is 609. The molecule has 3 N–H and O–H groups in total. The third-order valence-electron chi connectivity index (χ3n) is 2.99. The van der Waals surface area contributed by atoms with Gasteiger partial charge in [0.2, 0.25) is 0 Å². The third-order valence-corrected chi connectivity index (χ3v) is 3.49. The zero-order valence-electron chi connectivity index (χ0n) is 15.5. The number of guanidine groups is 1. The van der Waals surface area contributed by atoms with Crippen LogP contribution in [0, 0.1) is 5.82 Å². The first-order valence-corrected chi connectivity index (χ1v) is 8.86. The molecule has 0 fully saturated rings. The molecule has 0 bridgehead atoms. The highest BCUT2D eigenvalue weighted by Crippen LogP contribution is 2.15. The van der Waals surface area contributed by atoms with Crippen LogP contribution in [0.1, 0.15) is 32.8 Å². The number of alkyl carbamates (subject to hydrolysis) is 1. The van der Waals surface area contributed by atoms with Crippen LogP contribution in [-0.4, -0.2) is 37.8 Å². The fourth-order valence-corrected chi connectivity index (χ4v) is 2.29. The Kier molecular flexibility index (Phi) is 11.8. The van der Waals surface area contributed by atoms with Crippen molar-refractivity contribution in [3.8, 4) is 0 Å². The van der Waals surface area contributed by atoms with Crippen molar-refractivity contribution in [2.75, 3.05) is 20.1 Å². The van der Waals surface area contributed by atoms with E-state index in [0.717, 1.165) is 4.47 Å². The summed E-state index contributed by atoms with van der Waals surface area (Å²) in [6, 6.07) is 4.80. The van der Waals surface area contributed by atoms with Gasteiger partial charge in [-0.1, -0.05) is 15.9 Å². The number of amides is 1. The van der Waals surface area contributed by atoms with Gasteiger partial charge in [-0.05, 0) is 45.4 Å². The lowest BCUT2D eigenvalue weighted by Gasteiger charge is -2.19. The summed E-state index contributed by atoms with van der Waals surface area (Å²) >= 11 is 3.32. The van der Waals surface area contributed by atoms with E-state index < -0.39 is 11.7 Å². The van der Waals surface area contributed by atoms with Crippen LogP contribution >= 0.6 is 39.9 Å². The Balaban J connectivity index is 0.00000625. The summed E-state index contributed by atoms with van der Waals surface area (Å²) in [5, 5.41) is 8.85. The Morgan fingerprint density at radius 2 is 1.88 bits per heavy atom. The number of carbonyl (C=O) groups excluding carboxylic acids is 1. The van der Waals surface area contributed by atoms with Gasteiger partial charge in [0.15, 0.2) is 5.96 Å². The smallest absolute Gasteiger partial charge is 0.407 e. The van der Waals surface area contributed by atoms with Gasteiger partial charge < -0.3 is 20.7 Å². The molecule has 0 atom stereocenters. The van der Waals surface area contributed by atoms with Crippen LogP contribution in [0.5, 0.6) is 0 Å². The zero-order chi connectivity index (χ0) is 18.9. The van der Waals surface area contributed by atoms with Crippen molar-refractivity contribution in [2.45, 2.75) is 39.3 Å². The molecule has 0 aliphatic carbocycles. The predicted octanol–water partition coefficient (Wildman–Crippen LogP) is 3.79. The van der Waals surface area contributed by atoms with Gasteiger partial charge in [0.05, 0.1) is 0 Å². The summed E-state index contributed by atoms with van der Waals surface area (Å²) in [4.78, 5) is 15.6. The molecule has 0 radical (unpaired) electrons. The molecule has 1 rings (SSSR count). The second-order valence-corrected chi connectivity index (χ2v) is 7.29. The third kappa shape index (κ3) is 10.8. The number of nitrogens with one attached hydrogen (secondary N) is 3. The monoisotopic (exact) mass is 544 g/mol. The lowest BCUT2D eigenvalue weighted by Crippen LogP contribution is -2.39. The molecule has 6 nitrogen and oxygen atoms in total. The SMILES string of the molecule is CN=C(NCCCNC(=O)OC(C)(C)C)NCc1cc(Br)ccc1F.I. The Labute approximate surface area is 179 Å². The van der Waals surface area contributed by atoms with E-state index in [0.29, 0.717) is 37.6 Å². The average molecular weight is 545 g/mol. The summed E-state index contributed by atoms with van der Waals surface area (Å²) in [6.45, 7) is 6.87. The van der Waals surface area contributed by atoms with Crippen LogP contribution < -0.4 is 16.0 Å². The maximum absolute atomic E-state index is 13.7. The molecule has 1 aromatic carbocycles. The van der Waals surface area contributed by atoms with E-state index in [1.54, 1.807) is 19.2 Å². The topological polar surface area (TPSA) is 74.8 Å². The first-order valence-electron chi connectivity index (χ1n) is 8.06. The quantitative estimate of drug-likeness (QED) is 0.220. The van der Waals surface area contributed by atoms with E-state index in [4.69, 9.17) is 4.74 Å². The predicted molar refractivity (Wildman–Crippen MR) is 117 cm³/mol. The lowest BCUT2D eigenvalue weighted by atomic mass is 10.2. The number of carbonyl (C=O) groups is 1. The number of rotatable bonds is 6. The van der Waals surface area contributed by atoms with E-state index in [1.807, 2.05) is 20.8 Å². The number of benzene rings is 1. The molecule has 1 aromatic rings. The van der Waals surface area contributed by atoms with Gasteiger partial charge in [-0.2, -0.15) is 0 Å². The van der Waals surface area contributed by atoms with Crippen molar-refractivity contribution >= 4 is 52.0 Å². The molecule has 26 heavy (non-hydrogen) atoms. The highest BCUT2D eigenvalue weighted by atomic mass is 127. The highest BCUT2D eigenvalue weighted by molar-refractivity contribution is 14.0. The van der Waals surface area contributed by atoms with Crippen LogP contribution in [0.3, 0.4) is 0 Å². The van der Waals surface area contributed by atoms with Crippen LogP contribution in [0.4, 0.5) is 9.18 Å². The van der Waals surface area contributed by atoms with Crippen LogP contribution in [0.2, 0.25) is 0 Å². The lowest BCUT2D eigenvalue weighted by molar-refractivity contribution is 0.0527. The van der Waals surface area contributed by atoms with E-state index in [9.17, 15) is 9.18 Å².